The molecule has 0 unspecified atom stereocenters. The summed E-state index contributed by atoms with van der Waals surface area (Å²) in [4.78, 5) is 20.9. The molecule has 1 aromatic rings. The summed E-state index contributed by atoms with van der Waals surface area (Å²) in [5.41, 5.74) is 2.00. The van der Waals surface area contributed by atoms with E-state index in [-0.39, 0.29) is 5.69 Å². The summed E-state index contributed by atoms with van der Waals surface area (Å²) in [5.74, 6) is 0.862. The summed E-state index contributed by atoms with van der Waals surface area (Å²) in [6.07, 6.45) is 1.79. The quantitative estimate of drug-likeness (QED) is 0.689. The minimum absolute atomic E-state index is 0.239. The molecule has 0 bridgehead atoms. The lowest BCUT2D eigenvalue weighted by atomic mass is 10.1. The fourth-order valence-corrected chi connectivity index (χ4v) is 2.60. The van der Waals surface area contributed by atoms with Gasteiger partial charge in [-0.1, -0.05) is 0 Å². The minimum atomic E-state index is -0.239. The van der Waals surface area contributed by atoms with Crippen LogP contribution in [0.3, 0.4) is 0 Å². The van der Waals surface area contributed by atoms with E-state index in [1.807, 2.05) is 0 Å². The standard InChI is InChI=1S/C12H18N4O2/c17-12-14-10-2-4-13-3-1-9(10)11(15-12)16-5-7-18-8-6-16/h13H,1-8H2,(H,14,15,17). The fourth-order valence-electron chi connectivity index (χ4n) is 2.60. The first-order valence-electron chi connectivity index (χ1n) is 6.50. The first-order chi connectivity index (χ1) is 8.84. The highest BCUT2D eigenvalue weighted by molar-refractivity contribution is 5.49. The molecule has 98 valence electrons. The zero-order valence-electron chi connectivity index (χ0n) is 10.4. The smallest absolute Gasteiger partial charge is 0.347 e. The number of hydrogen-bond acceptors (Lipinski definition) is 5. The van der Waals surface area contributed by atoms with E-state index in [9.17, 15) is 4.79 Å². The Balaban J connectivity index is 2.01. The van der Waals surface area contributed by atoms with Crippen molar-refractivity contribution in [3.05, 3.63) is 21.7 Å². The number of morpholine rings is 1. The summed E-state index contributed by atoms with van der Waals surface area (Å²) in [5, 5.41) is 3.35. The molecule has 3 rings (SSSR count). The van der Waals surface area contributed by atoms with E-state index in [0.717, 1.165) is 50.5 Å². The molecule has 0 atom stereocenters. The first-order valence-corrected chi connectivity index (χ1v) is 6.50. The minimum Gasteiger partial charge on any atom is -0.378 e. The Kier molecular flexibility index (Phi) is 3.29. The number of aromatic nitrogens is 2. The first kappa shape index (κ1) is 11.7. The van der Waals surface area contributed by atoms with Gasteiger partial charge in [0.25, 0.3) is 0 Å². The summed E-state index contributed by atoms with van der Waals surface area (Å²) in [6.45, 7) is 4.91. The molecule has 2 aliphatic heterocycles. The lowest BCUT2D eigenvalue weighted by Crippen LogP contribution is -2.39. The van der Waals surface area contributed by atoms with Gasteiger partial charge in [0, 0.05) is 37.3 Å². The van der Waals surface area contributed by atoms with Crippen LogP contribution in [0.4, 0.5) is 5.82 Å². The zero-order valence-corrected chi connectivity index (χ0v) is 10.4. The molecule has 0 amide bonds. The van der Waals surface area contributed by atoms with Crippen LogP contribution in [0.2, 0.25) is 0 Å². The van der Waals surface area contributed by atoms with Crippen LogP contribution in [0, 0.1) is 0 Å². The molecular weight excluding hydrogens is 232 g/mol. The van der Waals surface area contributed by atoms with Gasteiger partial charge >= 0.3 is 5.69 Å². The van der Waals surface area contributed by atoms with Gasteiger partial charge in [-0.15, -0.1) is 0 Å². The predicted octanol–water partition coefficient (Wildman–Crippen LogP) is -0.705. The van der Waals surface area contributed by atoms with Crippen LogP contribution in [0.1, 0.15) is 11.3 Å². The maximum Gasteiger partial charge on any atom is 0.347 e. The second-order valence-electron chi connectivity index (χ2n) is 4.67. The number of fused-ring (bicyclic) bond motifs is 1. The summed E-state index contributed by atoms with van der Waals surface area (Å²) in [6, 6.07) is 0. The van der Waals surface area contributed by atoms with Crippen LogP contribution < -0.4 is 15.9 Å². The van der Waals surface area contributed by atoms with Crippen LogP contribution in [-0.2, 0) is 17.6 Å². The Morgan fingerprint density at radius 2 is 1.94 bits per heavy atom. The highest BCUT2D eigenvalue weighted by Gasteiger charge is 2.20. The second-order valence-corrected chi connectivity index (χ2v) is 4.67. The van der Waals surface area contributed by atoms with Gasteiger partial charge in [0.05, 0.1) is 13.2 Å². The van der Waals surface area contributed by atoms with Crippen LogP contribution in [-0.4, -0.2) is 49.4 Å². The molecule has 18 heavy (non-hydrogen) atoms. The van der Waals surface area contributed by atoms with Crippen LogP contribution in [0.15, 0.2) is 4.79 Å². The number of hydrogen-bond donors (Lipinski definition) is 2. The van der Waals surface area contributed by atoms with Gasteiger partial charge < -0.3 is 19.9 Å². The number of H-pyrrole nitrogens is 1. The highest BCUT2D eigenvalue weighted by atomic mass is 16.5. The lowest BCUT2D eigenvalue weighted by Gasteiger charge is -2.29. The number of aromatic amines is 1. The number of nitrogens with zero attached hydrogens (tertiary/aromatic N) is 2. The maximum atomic E-state index is 11.7. The average Bonchev–Trinajstić information content (AvgIpc) is 2.64. The van der Waals surface area contributed by atoms with Crippen molar-refractivity contribution in [3.8, 4) is 0 Å². The van der Waals surface area contributed by atoms with Gasteiger partial charge in [-0.3, -0.25) is 0 Å². The van der Waals surface area contributed by atoms with Gasteiger partial charge in [-0.2, -0.15) is 4.98 Å². The van der Waals surface area contributed by atoms with Crippen molar-refractivity contribution in [3.63, 3.8) is 0 Å². The van der Waals surface area contributed by atoms with Gasteiger partial charge in [0.1, 0.15) is 5.82 Å². The van der Waals surface area contributed by atoms with Crippen molar-refractivity contribution in [2.45, 2.75) is 12.8 Å². The Hall–Kier alpha value is -1.40. The predicted molar refractivity (Wildman–Crippen MR) is 68.2 cm³/mol. The largest absolute Gasteiger partial charge is 0.378 e. The molecule has 3 heterocycles. The molecule has 0 spiro atoms. The molecule has 0 aliphatic carbocycles. The average molecular weight is 250 g/mol. The Morgan fingerprint density at radius 1 is 1.17 bits per heavy atom. The zero-order chi connectivity index (χ0) is 12.4. The molecule has 0 saturated carbocycles. The number of anilines is 1. The van der Waals surface area contributed by atoms with Crippen molar-refractivity contribution >= 4 is 5.82 Å². The molecule has 1 saturated heterocycles. The van der Waals surface area contributed by atoms with Gasteiger partial charge in [0.2, 0.25) is 0 Å². The molecule has 1 aromatic heterocycles. The number of ether oxygens (including phenoxy) is 1. The second kappa shape index (κ2) is 5.07. The summed E-state index contributed by atoms with van der Waals surface area (Å²) in [7, 11) is 0. The van der Waals surface area contributed by atoms with Crippen LogP contribution in [0.5, 0.6) is 0 Å². The number of nitrogens with one attached hydrogen (secondary N) is 2. The summed E-state index contributed by atoms with van der Waals surface area (Å²) < 4.78 is 5.35. The van der Waals surface area contributed by atoms with Gasteiger partial charge in [-0.05, 0) is 13.0 Å². The number of rotatable bonds is 1. The van der Waals surface area contributed by atoms with E-state index >= 15 is 0 Å². The Labute approximate surface area is 105 Å². The molecule has 2 N–H and O–H groups in total. The third-order valence-corrected chi connectivity index (χ3v) is 3.51. The molecular formula is C12H18N4O2. The molecule has 0 aromatic carbocycles. The Morgan fingerprint density at radius 3 is 2.78 bits per heavy atom. The SMILES string of the molecule is O=c1nc(N2CCOCC2)c2c([nH]1)CCNCC2. The third-order valence-electron chi connectivity index (χ3n) is 3.51. The van der Waals surface area contributed by atoms with Crippen molar-refractivity contribution < 1.29 is 4.74 Å². The van der Waals surface area contributed by atoms with E-state index < -0.39 is 0 Å². The fraction of sp³-hybridized carbons (Fsp3) is 0.667. The van der Waals surface area contributed by atoms with Crippen LogP contribution >= 0.6 is 0 Å². The highest BCUT2D eigenvalue weighted by Crippen LogP contribution is 2.21. The van der Waals surface area contributed by atoms with Crippen molar-refractivity contribution in [2.75, 3.05) is 44.3 Å². The van der Waals surface area contributed by atoms with E-state index in [1.54, 1.807) is 0 Å². The monoisotopic (exact) mass is 250 g/mol. The van der Waals surface area contributed by atoms with Gasteiger partial charge in [-0.25, -0.2) is 4.79 Å². The third kappa shape index (κ3) is 2.26. The van der Waals surface area contributed by atoms with E-state index in [1.165, 1.54) is 5.56 Å². The van der Waals surface area contributed by atoms with Crippen molar-refractivity contribution in [2.24, 2.45) is 0 Å². The molecule has 1 fully saturated rings. The molecule has 2 aliphatic rings. The summed E-state index contributed by atoms with van der Waals surface area (Å²) >= 11 is 0. The Bertz CT molecular complexity index is 479. The molecule has 6 nitrogen and oxygen atoms in total. The lowest BCUT2D eigenvalue weighted by molar-refractivity contribution is 0.122. The van der Waals surface area contributed by atoms with Crippen molar-refractivity contribution in [1.82, 2.24) is 15.3 Å². The van der Waals surface area contributed by atoms with Crippen molar-refractivity contribution in [1.29, 1.82) is 0 Å². The maximum absolute atomic E-state index is 11.7. The van der Waals surface area contributed by atoms with E-state index in [4.69, 9.17) is 4.74 Å². The van der Waals surface area contributed by atoms with E-state index in [2.05, 4.69) is 20.2 Å². The van der Waals surface area contributed by atoms with E-state index in [0.29, 0.717) is 13.2 Å². The van der Waals surface area contributed by atoms with Gasteiger partial charge in [0.15, 0.2) is 0 Å². The topological polar surface area (TPSA) is 70.2 Å². The van der Waals surface area contributed by atoms with Crippen LogP contribution in [0.25, 0.3) is 0 Å². The normalized spacial score (nSPS) is 20.3. The molecule has 6 heteroatoms. The molecule has 0 radical (unpaired) electrons.